The number of esters is 1. The molecule has 0 aliphatic heterocycles. The Morgan fingerprint density at radius 1 is 1.10 bits per heavy atom. The number of benzene rings is 2. The highest BCUT2D eigenvalue weighted by Gasteiger charge is 2.12. The van der Waals surface area contributed by atoms with Gasteiger partial charge in [-0.2, -0.15) is 0 Å². The molecule has 0 radical (unpaired) electrons. The highest BCUT2D eigenvalue weighted by molar-refractivity contribution is 6.06. The van der Waals surface area contributed by atoms with E-state index in [2.05, 4.69) is 4.74 Å². The van der Waals surface area contributed by atoms with Crippen molar-refractivity contribution in [1.82, 2.24) is 0 Å². The number of methoxy groups -OCH3 is 1. The maximum atomic E-state index is 13.2. The predicted molar refractivity (Wildman–Crippen MR) is 71.3 cm³/mol. The van der Waals surface area contributed by atoms with Gasteiger partial charge in [-0.1, -0.05) is 6.07 Å². The number of ether oxygens (including phenoxy) is 1. The van der Waals surface area contributed by atoms with Crippen LogP contribution in [0.15, 0.2) is 45.6 Å². The van der Waals surface area contributed by atoms with Gasteiger partial charge < -0.3 is 9.15 Å². The average molecular weight is 272 g/mol. The lowest BCUT2D eigenvalue weighted by Gasteiger charge is -2.04. The molecular formula is C15H9FO4. The van der Waals surface area contributed by atoms with E-state index >= 15 is 0 Å². The highest BCUT2D eigenvalue weighted by Crippen LogP contribution is 2.24. The van der Waals surface area contributed by atoms with E-state index in [1.807, 2.05) is 0 Å². The highest BCUT2D eigenvalue weighted by atomic mass is 19.1. The van der Waals surface area contributed by atoms with Gasteiger partial charge in [0.2, 0.25) is 0 Å². The molecule has 0 saturated carbocycles. The molecule has 0 atom stereocenters. The fraction of sp³-hybridized carbons (Fsp3) is 0.0667. The zero-order valence-electron chi connectivity index (χ0n) is 10.5. The van der Waals surface area contributed by atoms with Gasteiger partial charge in [0.1, 0.15) is 11.4 Å². The zero-order chi connectivity index (χ0) is 14.3. The number of halogens is 1. The first-order valence-corrected chi connectivity index (χ1v) is 5.84. The van der Waals surface area contributed by atoms with Gasteiger partial charge in [0.05, 0.1) is 18.1 Å². The molecule has 2 aromatic carbocycles. The second-order valence-corrected chi connectivity index (χ2v) is 4.28. The fourth-order valence-corrected chi connectivity index (χ4v) is 2.15. The van der Waals surface area contributed by atoms with Crippen LogP contribution in [-0.2, 0) is 4.74 Å². The topological polar surface area (TPSA) is 56.5 Å². The molecule has 1 aromatic heterocycles. The minimum atomic E-state index is -0.621. The zero-order valence-corrected chi connectivity index (χ0v) is 10.5. The number of hydrogen-bond donors (Lipinski definition) is 0. The summed E-state index contributed by atoms with van der Waals surface area (Å²) in [6.07, 6.45) is 0. The van der Waals surface area contributed by atoms with Crippen LogP contribution in [-0.4, -0.2) is 13.1 Å². The normalized spacial score (nSPS) is 10.9. The Labute approximate surface area is 112 Å². The molecular weight excluding hydrogens is 263 g/mol. The van der Waals surface area contributed by atoms with E-state index in [1.165, 1.54) is 25.3 Å². The van der Waals surface area contributed by atoms with Crippen molar-refractivity contribution < 1.29 is 18.3 Å². The Kier molecular flexibility index (Phi) is 2.75. The summed E-state index contributed by atoms with van der Waals surface area (Å²) in [5, 5.41) is 1.47. The Balaban J connectivity index is 2.40. The van der Waals surface area contributed by atoms with E-state index < -0.39 is 17.4 Å². The van der Waals surface area contributed by atoms with Crippen LogP contribution < -0.4 is 5.63 Å². The molecule has 20 heavy (non-hydrogen) atoms. The van der Waals surface area contributed by atoms with E-state index in [1.54, 1.807) is 12.1 Å². The maximum Gasteiger partial charge on any atom is 0.344 e. The van der Waals surface area contributed by atoms with Crippen molar-refractivity contribution in [2.75, 3.05) is 7.11 Å². The van der Waals surface area contributed by atoms with Crippen LogP contribution in [0.1, 0.15) is 10.4 Å². The lowest BCUT2D eigenvalue weighted by molar-refractivity contribution is 0.0601. The largest absolute Gasteiger partial charge is 0.465 e. The van der Waals surface area contributed by atoms with Crippen LogP contribution in [0.4, 0.5) is 4.39 Å². The standard InChI is InChI=1S/C15H9FO4/c1-19-14(17)8-2-4-10-11-5-3-9(16)7-13(11)20-15(18)12(10)6-8/h2-7H,1H3. The molecule has 0 aliphatic rings. The van der Waals surface area contributed by atoms with Crippen LogP contribution in [0.2, 0.25) is 0 Å². The minimum absolute atomic E-state index is 0.174. The smallest absolute Gasteiger partial charge is 0.344 e. The SMILES string of the molecule is COC(=O)c1ccc2c(c1)c(=O)oc1cc(F)ccc12. The number of hydrogen-bond acceptors (Lipinski definition) is 4. The van der Waals surface area contributed by atoms with Crippen LogP contribution in [0.25, 0.3) is 21.7 Å². The van der Waals surface area contributed by atoms with E-state index in [-0.39, 0.29) is 16.5 Å². The molecule has 0 spiro atoms. The summed E-state index contributed by atoms with van der Waals surface area (Å²) >= 11 is 0. The average Bonchev–Trinajstić information content (AvgIpc) is 2.46. The number of rotatable bonds is 1. The van der Waals surface area contributed by atoms with Crippen molar-refractivity contribution in [3.8, 4) is 0 Å². The van der Waals surface area contributed by atoms with Crippen molar-refractivity contribution >= 4 is 27.7 Å². The monoisotopic (exact) mass is 272 g/mol. The van der Waals surface area contributed by atoms with Gasteiger partial charge in [-0.15, -0.1) is 0 Å². The molecule has 0 saturated heterocycles. The Morgan fingerprint density at radius 3 is 2.60 bits per heavy atom. The molecule has 0 amide bonds. The third-order valence-corrected chi connectivity index (χ3v) is 3.10. The van der Waals surface area contributed by atoms with Gasteiger partial charge in [0.25, 0.3) is 0 Å². The Hall–Kier alpha value is -2.69. The summed E-state index contributed by atoms with van der Waals surface area (Å²) in [4.78, 5) is 23.4. The summed E-state index contributed by atoms with van der Waals surface area (Å²) in [6.45, 7) is 0. The van der Waals surface area contributed by atoms with E-state index in [9.17, 15) is 14.0 Å². The van der Waals surface area contributed by atoms with Gasteiger partial charge in [-0.25, -0.2) is 14.0 Å². The van der Waals surface area contributed by atoms with Crippen LogP contribution >= 0.6 is 0 Å². The lowest BCUT2D eigenvalue weighted by Crippen LogP contribution is -2.05. The van der Waals surface area contributed by atoms with Crippen LogP contribution in [0.3, 0.4) is 0 Å². The Morgan fingerprint density at radius 2 is 1.85 bits per heavy atom. The predicted octanol–water partition coefficient (Wildman–Crippen LogP) is 2.87. The molecule has 100 valence electrons. The molecule has 0 N–H and O–H groups in total. The number of fused-ring (bicyclic) bond motifs is 3. The van der Waals surface area contributed by atoms with Crippen molar-refractivity contribution in [1.29, 1.82) is 0 Å². The van der Waals surface area contributed by atoms with E-state index in [4.69, 9.17) is 4.42 Å². The second kappa shape index (κ2) is 4.45. The van der Waals surface area contributed by atoms with E-state index in [0.717, 1.165) is 6.07 Å². The first-order chi connectivity index (χ1) is 9.60. The van der Waals surface area contributed by atoms with Gasteiger partial charge in [0, 0.05) is 11.5 Å². The molecule has 4 nitrogen and oxygen atoms in total. The second-order valence-electron chi connectivity index (χ2n) is 4.28. The summed E-state index contributed by atoms with van der Waals surface area (Å²) < 4.78 is 22.8. The third-order valence-electron chi connectivity index (χ3n) is 3.10. The molecule has 0 fully saturated rings. The van der Waals surface area contributed by atoms with Crippen LogP contribution in [0, 0.1) is 5.82 Å². The van der Waals surface area contributed by atoms with Crippen molar-refractivity contribution in [2.24, 2.45) is 0 Å². The molecule has 5 heteroatoms. The van der Waals surface area contributed by atoms with Gasteiger partial charge in [-0.05, 0) is 29.7 Å². The quantitative estimate of drug-likeness (QED) is 0.388. The summed E-state index contributed by atoms with van der Waals surface area (Å²) in [5.74, 6) is -1.02. The van der Waals surface area contributed by atoms with Crippen molar-refractivity contribution in [3.63, 3.8) is 0 Å². The Bertz CT molecular complexity index is 895. The maximum absolute atomic E-state index is 13.2. The third kappa shape index (κ3) is 1.84. The van der Waals surface area contributed by atoms with E-state index in [0.29, 0.717) is 10.8 Å². The number of carbonyl (C=O) groups excluding carboxylic acids is 1. The van der Waals surface area contributed by atoms with Gasteiger partial charge >= 0.3 is 11.6 Å². The van der Waals surface area contributed by atoms with Gasteiger partial charge in [0.15, 0.2) is 0 Å². The molecule has 0 unspecified atom stereocenters. The summed E-state index contributed by atoms with van der Waals surface area (Å²) in [7, 11) is 1.26. The molecule has 1 heterocycles. The van der Waals surface area contributed by atoms with Crippen LogP contribution in [0.5, 0.6) is 0 Å². The number of carbonyl (C=O) groups is 1. The molecule has 0 aliphatic carbocycles. The molecule has 0 bridgehead atoms. The fourth-order valence-electron chi connectivity index (χ4n) is 2.15. The van der Waals surface area contributed by atoms with Crippen molar-refractivity contribution in [2.45, 2.75) is 0 Å². The molecule has 3 aromatic rings. The van der Waals surface area contributed by atoms with Crippen molar-refractivity contribution in [3.05, 3.63) is 58.2 Å². The summed E-state index contributed by atoms with van der Waals surface area (Å²) in [5.41, 5.74) is -0.189. The van der Waals surface area contributed by atoms with Gasteiger partial charge in [-0.3, -0.25) is 0 Å². The first kappa shape index (κ1) is 12.3. The molecule has 3 rings (SSSR count). The summed E-state index contributed by atoms with van der Waals surface area (Å²) in [6, 6.07) is 8.57. The lowest BCUT2D eigenvalue weighted by atomic mass is 10.0. The minimum Gasteiger partial charge on any atom is -0.465 e. The first-order valence-electron chi connectivity index (χ1n) is 5.84.